The van der Waals surface area contributed by atoms with Gasteiger partial charge in [0.15, 0.2) is 11.5 Å². The summed E-state index contributed by atoms with van der Waals surface area (Å²) in [7, 11) is 0. The number of hydrogen-bond donors (Lipinski definition) is 1. The summed E-state index contributed by atoms with van der Waals surface area (Å²) in [6.07, 6.45) is 1.22. The molecule has 1 N–H and O–H groups in total. The molecule has 24 heavy (non-hydrogen) atoms. The van der Waals surface area contributed by atoms with Crippen LogP contribution in [0.4, 0.5) is 0 Å². The molecule has 7 heteroatoms. The number of carboxylic acid groups (broad SMARTS) is 1. The normalized spacial score (nSPS) is 20.8. The molecule has 1 aliphatic rings. The van der Waals surface area contributed by atoms with Crippen LogP contribution in [0.5, 0.6) is 0 Å². The Bertz CT molecular complexity index is 756. The van der Waals surface area contributed by atoms with Gasteiger partial charge in [-0.2, -0.15) is 0 Å². The van der Waals surface area contributed by atoms with Gasteiger partial charge in [0.2, 0.25) is 0 Å². The molecule has 3 rings (SSSR count). The molecule has 1 saturated heterocycles. The first-order valence-corrected chi connectivity index (χ1v) is 8.10. The minimum atomic E-state index is -0.990. The number of piperidine rings is 1. The maximum absolute atomic E-state index is 12.6. The first-order chi connectivity index (χ1) is 11.5. The molecular formula is C17H17ClN2O4. The number of carbonyl (C=O) groups excluding carboxylic acids is 1. The number of aliphatic carboxylic acids is 1. The minimum absolute atomic E-state index is 0.112. The molecule has 1 aliphatic heterocycles. The van der Waals surface area contributed by atoms with Gasteiger partial charge in [0.1, 0.15) is 6.04 Å². The average molecular weight is 349 g/mol. The van der Waals surface area contributed by atoms with Gasteiger partial charge in [-0.05, 0) is 43.0 Å². The third-order valence-corrected chi connectivity index (χ3v) is 4.52. The molecule has 126 valence electrons. The van der Waals surface area contributed by atoms with Crippen molar-refractivity contribution in [3.05, 3.63) is 41.0 Å². The fourth-order valence-corrected chi connectivity index (χ4v) is 3.02. The van der Waals surface area contributed by atoms with Crippen LogP contribution < -0.4 is 0 Å². The van der Waals surface area contributed by atoms with E-state index >= 15 is 0 Å². The molecular weight excluding hydrogens is 332 g/mol. The molecule has 0 aliphatic carbocycles. The van der Waals surface area contributed by atoms with Crippen LogP contribution in [0, 0.1) is 5.92 Å². The van der Waals surface area contributed by atoms with Gasteiger partial charge in [0.25, 0.3) is 5.91 Å². The molecule has 1 amide bonds. The second-order valence-electron chi connectivity index (χ2n) is 6.07. The highest BCUT2D eigenvalue weighted by Gasteiger charge is 2.36. The highest BCUT2D eigenvalue weighted by molar-refractivity contribution is 6.30. The Morgan fingerprint density at radius 1 is 1.33 bits per heavy atom. The van der Waals surface area contributed by atoms with E-state index in [1.807, 2.05) is 6.92 Å². The third kappa shape index (κ3) is 3.28. The Morgan fingerprint density at radius 2 is 2.04 bits per heavy atom. The summed E-state index contributed by atoms with van der Waals surface area (Å²) in [5, 5.41) is 13.8. The van der Waals surface area contributed by atoms with E-state index in [4.69, 9.17) is 16.1 Å². The summed E-state index contributed by atoms with van der Waals surface area (Å²) in [5.74, 6) is -0.695. The first kappa shape index (κ1) is 16.5. The number of aromatic nitrogens is 1. The summed E-state index contributed by atoms with van der Waals surface area (Å²) in [5.41, 5.74) is 0.855. The molecule has 0 bridgehead atoms. The number of rotatable bonds is 3. The van der Waals surface area contributed by atoms with Crippen molar-refractivity contribution < 1.29 is 19.2 Å². The van der Waals surface area contributed by atoms with Crippen molar-refractivity contribution >= 4 is 23.5 Å². The summed E-state index contributed by atoms with van der Waals surface area (Å²) in [6.45, 7) is 2.40. The van der Waals surface area contributed by atoms with Crippen LogP contribution in [-0.4, -0.2) is 39.6 Å². The van der Waals surface area contributed by atoms with E-state index in [1.165, 1.54) is 11.0 Å². The quantitative estimate of drug-likeness (QED) is 0.919. The van der Waals surface area contributed by atoms with Crippen LogP contribution in [-0.2, 0) is 4.79 Å². The Hall–Kier alpha value is -2.34. The van der Waals surface area contributed by atoms with Crippen molar-refractivity contribution in [2.45, 2.75) is 25.8 Å². The first-order valence-electron chi connectivity index (χ1n) is 7.72. The maximum atomic E-state index is 12.6. The molecule has 1 aromatic heterocycles. The van der Waals surface area contributed by atoms with Crippen molar-refractivity contribution in [3.8, 4) is 11.3 Å². The lowest BCUT2D eigenvalue weighted by Gasteiger charge is -2.35. The number of carboxylic acids is 1. The van der Waals surface area contributed by atoms with Crippen LogP contribution in [0.1, 0.15) is 30.3 Å². The van der Waals surface area contributed by atoms with Gasteiger partial charge in [-0.25, -0.2) is 4.79 Å². The molecule has 2 heterocycles. The lowest BCUT2D eigenvalue weighted by Crippen LogP contribution is -2.49. The van der Waals surface area contributed by atoms with Gasteiger partial charge >= 0.3 is 5.97 Å². The van der Waals surface area contributed by atoms with Gasteiger partial charge < -0.3 is 14.5 Å². The number of nitrogens with zero attached hydrogens (tertiary/aromatic N) is 2. The average Bonchev–Trinajstić information content (AvgIpc) is 3.04. The molecule has 1 aromatic carbocycles. The lowest BCUT2D eigenvalue weighted by molar-refractivity contribution is -0.144. The Kier molecular flexibility index (Phi) is 4.57. The zero-order valence-electron chi connectivity index (χ0n) is 13.1. The number of likely N-dealkylation sites (tertiary alicyclic amines) is 1. The number of hydrogen-bond acceptors (Lipinski definition) is 4. The smallest absolute Gasteiger partial charge is 0.326 e. The monoisotopic (exact) mass is 348 g/mol. The highest BCUT2D eigenvalue weighted by atomic mass is 35.5. The van der Waals surface area contributed by atoms with Crippen LogP contribution in [0.3, 0.4) is 0 Å². The van der Waals surface area contributed by atoms with Crippen molar-refractivity contribution in [1.82, 2.24) is 10.1 Å². The van der Waals surface area contributed by atoms with E-state index in [9.17, 15) is 14.7 Å². The van der Waals surface area contributed by atoms with Crippen LogP contribution in [0.2, 0.25) is 5.02 Å². The van der Waals surface area contributed by atoms with E-state index in [2.05, 4.69) is 5.16 Å². The number of carbonyl (C=O) groups is 2. The van der Waals surface area contributed by atoms with Crippen molar-refractivity contribution in [3.63, 3.8) is 0 Å². The summed E-state index contributed by atoms with van der Waals surface area (Å²) in [6, 6.07) is 7.67. The maximum Gasteiger partial charge on any atom is 0.326 e. The van der Waals surface area contributed by atoms with Gasteiger partial charge in [-0.1, -0.05) is 23.7 Å². The molecule has 0 spiro atoms. The Morgan fingerprint density at radius 3 is 2.71 bits per heavy atom. The van der Waals surface area contributed by atoms with Gasteiger partial charge in [-0.15, -0.1) is 0 Å². The van der Waals surface area contributed by atoms with E-state index in [0.717, 1.165) is 12.0 Å². The topological polar surface area (TPSA) is 83.6 Å². The van der Waals surface area contributed by atoms with E-state index in [-0.39, 0.29) is 11.6 Å². The third-order valence-electron chi connectivity index (χ3n) is 4.27. The second-order valence-corrected chi connectivity index (χ2v) is 6.50. The number of halogens is 1. The Balaban J connectivity index is 1.82. The SMILES string of the molecule is CC1CCN(C(=O)c2cc(-c3ccc(Cl)cc3)on2)C(C(=O)O)C1. The van der Waals surface area contributed by atoms with Gasteiger partial charge in [0, 0.05) is 23.2 Å². The largest absolute Gasteiger partial charge is 0.480 e. The van der Waals surface area contributed by atoms with Crippen molar-refractivity contribution in [2.24, 2.45) is 5.92 Å². The lowest BCUT2D eigenvalue weighted by atomic mass is 9.92. The molecule has 2 aromatic rings. The van der Waals surface area contributed by atoms with Gasteiger partial charge in [0.05, 0.1) is 0 Å². The van der Waals surface area contributed by atoms with Crippen molar-refractivity contribution in [2.75, 3.05) is 6.54 Å². The van der Waals surface area contributed by atoms with Crippen LogP contribution in [0.25, 0.3) is 11.3 Å². The van der Waals surface area contributed by atoms with Crippen molar-refractivity contribution in [1.29, 1.82) is 0 Å². The van der Waals surface area contributed by atoms with E-state index in [0.29, 0.717) is 23.7 Å². The summed E-state index contributed by atoms with van der Waals surface area (Å²) < 4.78 is 5.23. The molecule has 2 unspecified atom stereocenters. The van der Waals surface area contributed by atoms with E-state index < -0.39 is 17.9 Å². The fourth-order valence-electron chi connectivity index (χ4n) is 2.89. The van der Waals surface area contributed by atoms with Gasteiger partial charge in [-0.3, -0.25) is 4.79 Å². The molecule has 0 radical (unpaired) electrons. The zero-order valence-corrected chi connectivity index (χ0v) is 13.9. The van der Waals surface area contributed by atoms with Crippen LogP contribution >= 0.6 is 11.6 Å². The zero-order chi connectivity index (χ0) is 17.3. The Labute approximate surface area is 144 Å². The minimum Gasteiger partial charge on any atom is -0.480 e. The standard InChI is InChI=1S/C17H17ClN2O4/c1-10-6-7-20(14(8-10)17(22)23)16(21)13-9-15(24-19-13)11-2-4-12(18)5-3-11/h2-5,9-10,14H,6-8H2,1H3,(H,22,23). The summed E-state index contributed by atoms with van der Waals surface area (Å²) in [4.78, 5) is 25.5. The molecule has 0 saturated carbocycles. The van der Waals surface area contributed by atoms with Crippen LogP contribution in [0.15, 0.2) is 34.9 Å². The number of benzene rings is 1. The molecule has 2 atom stereocenters. The predicted molar refractivity (Wildman–Crippen MR) is 87.8 cm³/mol. The second kappa shape index (κ2) is 6.65. The predicted octanol–water partition coefficient (Wildman–Crippen LogP) is 3.32. The highest BCUT2D eigenvalue weighted by Crippen LogP contribution is 2.26. The van der Waals surface area contributed by atoms with E-state index in [1.54, 1.807) is 24.3 Å². The number of amides is 1. The fraction of sp³-hybridized carbons (Fsp3) is 0.353. The molecule has 1 fully saturated rings. The molecule has 6 nitrogen and oxygen atoms in total. The summed E-state index contributed by atoms with van der Waals surface area (Å²) >= 11 is 5.85.